The van der Waals surface area contributed by atoms with Crippen LogP contribution in [0.1, 0.15) is 181 Å². The predicted octanol–water partition coefficient (Wildman–Crippen LogP) is 9.64. The van der Waals surface area contributed by atoms with E-state index in [1.807, 2.05) is 0 Å². The van der Waals surface area contributed by atoms with E-state index in [4.69, 9.17) is 18.5 Å². The van der Waals surface area contributed by atoms with Crippen LogP contribution in [0.4, 0.5) is 0 Å². The molecule has 60 heavy (non-hydrogen) atoms. The molecular weight excluding hydrogens is 787 g/mol. The summed E-state index contributed by atoms with van der Waals surface area (Å²) in [6, 6.07) is 0. The second-order valence-electron chi connectivity index (χ2n) is 16.2. The van der Waals surface area contributed by atoms with Gasteiger partial charge in [0.15, 0.2) is 0 Å². The Bertz CT molecular complexity index is 1180. The quantitative estimate of drug-likeness (QED) is 0.0149. The number of esters is 1. The molecule has 1 rings (SSSR count). The smallest absolute Gasteiger partial charge is 0.457 e. The van der Waals surface area contributed by atoms with Crippen LogP contribution in [-0.4, -0.2) is 98.9 Å². The maximum absolute atomic E-state index is 12.8. The number of unbranched alkanes of at least 4 members (excludes halogenated alkanes) is 19. The molecule has 13 heteroatoms. The second kappa shape index (κ2) is 37.8. The lowest BCUT2D eigenvalue weighted by molar-refractivity contribution is -0.220. The highest BCUT2D eigenvalue weighted by atomic mass is 31.2. The summed E-state index contributed by atoms with van der Waals surface area (Å²) in [6.07, 6.45) is 33.3. The molecule has 6 atom stereocenters. The molecule has 0 amide bonds. The molecule has 1 aliphatic rings. The van der Waals surface area contributed by atoms with Crippen molar-refractivity contribution in [1.82, 2.24) is 0 Å². The summed E-state index contributed by atoms with van der Waals surface area (Å²) in [7, 11) is -5.02. The molecule has 0 bridgehead atoms. The average Bonchev–Trinajstić information content (AvgIpc) is 3.23. The zero-order valence-electron chi connectivity index (χ0n) is 37.2. The fourth-order valence-corrected chi connectivity index (χ4v) is 7.84. The van der Waals surface area contributed by atoms with Crippen LogP contribution in [-0.2, 0) is 27.9 Å². The number of hydrogen-bond donors (Lipinski definition) is 6. The molecule has 0 saturated heterocycles. The monoisotopic (exact) mass is 873 g/mol. The van der Waals surface area contributed by atoms with E-state index in [-0.39, 0.29) is 13.0 Å². The molecule has 0 radical (unpaired) electrons. The number of aliphatic hydroxyl groups is 5. The number of phosphoric acid groups is 1. The predicted molar refractivity (Wildman–Crippen MR) is 239 cm³/mol. The molecule has 0 spiro atoms. The highest BCUT2D eigenvalue weighted by Gasteiger charge is 2.51. The van der Waals surface area contributed by atoms with Gasteiger partial charge in [-0.05, 0) is 70.6 Å². The number of allylic oxidation sites excluding steroid dienone is 8. The molecule has 1 saturated carbocycles. The first-order chi connectivity index (χ1) is 29.0. The Hall–Kier alpha value is -1.70. The Morgan fingerprint density at radius 2 is 0.950 bits per heavy atom. The van der Waals surface area contributed by atoms with Gasteiger partial charge in [-0.3, -0.25) is 13.8 Å². The van der Waals surface area contributed by atoms with E-state index >= 15 is 0 Å². The van der Waals surface area contributed by atoms with Gasteiger partial charge in [-0.2, -0.15) is 0 Å². The molecule has 0 aromatic carbocycles. The minimum absolute atomic E-state index is 0.0879. The van der Waals surface area contributed by atoms with E-state index in [0.717, 1.165) is 83.5 Å². The van der Waals surface area contributed by atoms with Crippen LogP contribution in [0.2, 0.25) is 0 Å². The maximum Gasteiger partial charge on any atom is 0.472 e. The van der Waals surface area contributed by atoms with Crippen molar-refractivity contribution in [1.29, 1.82) is 0 Å². The van der Waals surface area contributed by atoms with Gasteiger partial charge in [-0.1, -0.05) is 152 Å². The van der Waals surface area contributed by atoms with Crippen molar-refractivity contribution in [3.63, 3.8) is 0 Å². The lowest BCUT2D eigenvalue weighted by Crippen LogP contribution is -2.64. The van der Waals surface area contributed by atoms with E-state index < -0.39 is 63.1 Å². The van der Waals surface area contributed by atoms with Gasteiger partial charge in [0, 0.05) is 13.0 Å². The Labute approximate surface area is 363 Å². The Morgan fingerprint density at radius 1 is 0.533 bits per heavy atom. The van der Waals surface area contributed by atoms with Gasteiger partial charge < -0.3 is 39.9 Å². The third kappa shape index (κ3) is 29.6. The molecule has 350 valence electrons. The number of hydrogen-bond acceptors (Lipinski definition) is 11. The van der Waals surface area contributed by atoms with Crippen LogP contribution in [0, 0.1) is 0 Å². The Morgan fingerprint density at radius 3 is 1.48 bits per heavy atom. The van der Waals surface area contributed by atoms with Crippen LogP contribution in [0.3, 0.4) is 0 Å². The van der Waals surface area contributed by atoms with Gasteiger partial charge in [0.2, 0.25) is 0 Å². The van der Waals surface area contributed by atoms with Crippen molar-refractivity contribution >= 4 is 13.8 Å². The largest absolute Gasteiger partial charge is 0.472 e. The summed E-state index contributed by atoms with van der Waals surface area (Å²) in [5.74, 6) is -0.493. The fraction of sp³-hybridized carbons (Fsp3) is 0.809. The summed E-state index contributed by atoms with van der Waals surface area (Å²) in [5.41, 5.74) is 0. The summed E-state index contributed by atoms with van der Waals surface area (Å²) in [4.78, 5) is 23.1. The van der Waals surface area contributed by atoms with E-state index in [0.29, 0.717) is 13.0 Å². The SMILES string of the molecule is CCCC/C=C\CCCCCCCC(=O)OC(COCCCCCCCCC/C=C\C/C=C\C/C=C\CCCCCCC)COP(=O)(O)OC1C(O)C(O)C(O)C(O)C1O. The van der Waals surface area contributed by atoms with Crippen LogP contribution < -0.4 is 0 Å². The molecule has 1 aliphatic carbocycles. The normalized spacial score (nSPS) is 22.7. The number of aliphatic hydroxyl groups excluding tert-OH is 5. The minimum atomic E-state index is -5.02. The number of phosphoric ester groups is 1. The first-order valence-electron chi connectivity index (χ1n) is 23.5. The van der Waals surface area contributed by atoms with Gasteiger partial charge in [0.05, 0.1) is 13.2 Å². The molecule has 6 N–H and O–H groups in total. The summed E-state index contributed by atoms with van der Waals surface area (Å²) in [6.45, 7) is 4.17. The molecule has 0 aromatic heterocycles. The fourth-order valence-electron chi connectivity index (χ4n) is 6.87. The van der Waals surface area contributed by atoms with Crippen LogP contribution in [0.5, 0.6) is 0 Å². The Balaban J connectivity index is 2.36. The van der Waals surface area contributed by atoms with Crippen molar-refractivity contribution in [2.24, 2.45) is 0 Å². The standard InChI is InChI=1S/C47H85O12P/c1-3-5-7-9-11-13-15-16-17-18-19-20-21-22-23-24-25-27-29-31-33-35-37-56-38-40(58-41(48)36-34-32-30-28-26-14-12-10-8-6-4-2)39-57-60(54,55)59-47-45(52)43(50)42(49)44(51)46(47)53/h10,12,15-16,18-19,21-22,40,42-47,49-53H,3-9,11,13-14,17,20,23-39H2,1-2H3,(H,54,55)/b12-10-,16-15-,19-18-,22-21-. The molecule has 0 heterocycles. The third-order valence-corrected chi connectivity index (χ3v) is 11.7. The topological polar surface area (TPSA) is 192 Å². The first kappa shape index (κ1) is 56.3. The van der Waals surface area contributed by atoms with Gasteiger partial charge in [-0.25, -0.2) is 4.57 Å². The lowest BCUT2D eigenvalue weighted by Gasteiger charge is -2.41. The molecule has 6 unspecified atom stereocenters. The summed E-state index contributed by atoms with van der Waals surface area (Å²) in [5, 5.41) is 50.1. The number of carbonyl (C=O) groups is 1. The zero-order chi connectivity index (χ0) is 44.1. The van der Waals surface area contributed by atoms with E-state index in [1.165, 1.54) is 70.6 Å². The zero-order valence-corrected chi connectivity index (χ0v) is 38.1. The van der Waals surface area contributed by atoms with Crippen LogP contribution >= 0.6 is 7.82 Å². The molecule has 12 nitrogen and oxygen atoms in total. The van der Waals surface area contributed by atoms with Crippen molar-refractivity contribution in [2.45, 2.75) is 224 Å². The third-order valence-electron chi connectivity index (χ3n) is 10.7. The van der Waals surface area contributed by atoms with Crippen LogP contribution in [0.15, 0.2) is 48.6 Å². The highest BCUT2D eigenvalue weighted by molar-refractivity contribution is 7.47. The first-order valence-corrected chi connectivity index (χ1v) is 25.0. The average molecular weight is 873 g/mol. The van der Waals surface area contributed by atoms with Crippen molar-refractivity contribution in [2.75, 3.05) is 19.8 Å². The van der Waals surface area contributed by atoms with Crippen LogP contribution in [0.25, 0.3) is 0 Å². The van der Waals surface area contributed by atoms with Gasteiger partial charge in [-0.15, -0.1) is 0 Å². The molecule has 0 aromatic rings. The van der Waals surface area contributed by atoms with Gasteiger partial charge in [0.25, 0.3) is 0 Å². The number of ether oxygens (including phenoxy) is 2. The van der Waals surface area contributed by atoms with E-state index in [1.54, 1.807) is 0 Å². The van der Waals surface area contributed by atoms with E-state index in [2.05, 4.69) is 62.5 Å². The number of rotatable bonds is 39. The Kier molecular flexibility index (Phi) is 35.5. The maximum atomic E-state index is 12.8. The molecule has 0 aliphatic heterocycles. The van der Waals surface area contributed by atoms with Gasteiger partial charge >= 0.3 is 13.8 Å². The lowest BCUT2D eigenvalue weighted by atomic mass is 9.85. The molecule has 1 fully saturated rings. The summed E-state index contributed by atoms with van der Waals surface area (Å²) >= 11 is 0. The second-order valence-corrected chi connectivity index (χ2v) is 17.7. The van der Waals surface area contributed by atoms with Gasteiger partial charge in [0.1, 0.15) is 42.7 Å². The van der Waals surface area contributed by atoms with Crippen molar-refractivity contribution in [3.8, 4) is 0 Å². The minimum Gasteiger partial charge on any atom is -0.457 e. The number of carbonyl (C=O) groups excluding carboxylic acids is 1. The van der Waals surface area contributed by atoms with Crippen molar-refractivity contribution in [3.05, 3.63) is 48.6 Å². The highest BCUT2D eigenvalue weighted by Crippen LogP contribution is 2.47. The summed E-state index contributed by atoms with van der Waals surface area (Å²) < 4.78 is 34.1. The van der Waals surface area contributed by atoms with Crippen molar-refractivity contribution < 1.29 is 58.3 Å². The molecular formula is C47H85O12P. The van der Waals surface area contributed by atoms with E-state index in [9.17, 15) is 39.8 Å².